The van der Waals surface area contributed by atoms with Crippen molar-refractivity contribution in [1.29, 1.82) is 0 Å². The second-order valence-electron chi connectivity index (χ2n) is 3.45. The molecule has 108 valence electrons. The van der Waals surface area contributed by atoms with Crippen LogP contribution in [0.4, 0.5) is 0 Å². The minimum atomic E-state index is -1.60. The molecular formula is C12H25O5P. The van der Waals surface area contributed by atoms with Crippen molar-refractivity contribution in [3.63, 3.8) is 0 Å². The zero-order chi connectivity index (χ0) is 14.2. The number of hydrogen-bond donors (Lipinski definition) is 2. The summed E-state index contributed by atoms with van der Waals surface area (Å²) in [7, 11) is -1.60. The summed E-state index contributed by atoms with van der Waals surface area (Å²) in [5, 5.41) is 7.83. The van der Waals surface area contributed by atoms with Gasteiger partial charge in [0, 0.05) is 6.08 Å². The fraction of sp³-hybridized carbons (Fsp3) is 0.750. The summed E-state index contributed by atoms with van der Waals surface area (Å²) in [6, 6.07) is 0. The fourth-order valence-electron chi connectivity index (χ4n) is 0.754. The molecule has 6 heteroatoms. The van der Waals surface area contributed by atoms with Gasteiger partial charge in [-0.15, -0.1) is 0 Å². The summed E-state index contributed by atoms with van der Waals surface area (Å²) >= 11 is 0. The molecule has 0 aliphatic carbocycles. The highest BCUT2D eigenvalue weighted by Gasteiger charge is 2.04. The molecule has 0 atom stereocenters. The van der Waals surface area contributed by atoms with Crippen LogP contribution < -0.4 is 0 Å². The zero-order valence-corrected chi connectivity index (χ0v) is 12.4. The summed E-state index contributed by atoms with van der Waals surface area (Å²) in [6.45, 7) is 7.03. The van der Waals surface area contributed by atoms with E-state index >= 15 is 0 Å². The summed E-state index contributed by atoms with van der Waals surface area (Å²) in [5.74, 6) is -0.891. The van der Waals surface area contributed by atoms with Gasteiger partial charge in [0.15, 0.2) is 0 Å². The Labute approximate surface area is 111 Å². The summed E-state index contributed by atoms with van der Waals surface area (Å²) in [4.78, 5) is 18.6. The minimum Gasteiger partial charge on any atom is -0.478 e. The number of allylic oxidation sites excluding steroid dienone is 1. The Balaban J connectivity index is 0. The highest BCUT2D eigenvalue weighted by Crippen LogP contribution is 2.32. The van der Waals surface area contributed by atoms with Gasteiger partial charge in [-0.2, -0.15) is 0 Å². The van der Waals surface area contributed by atoms with Crippen LogP contribution in [0.25, 0.3) is 0 Å². The number of hydrogen-bond acceptors (Lipinski definition) is 4. The van der Waals surface area contributed by atoms with Crippen LogP contribution in [0.5, 0.6) is 0 Å². The Bertz CT molecular complexity index is 199. The lowest BCUT2D eigenvalue weighted by molar-refractivity contribution is -0.131. The third-order valence-electron chi connectivity index (χ3n) is 1.71. The maximum absolute atomic E-state index is 9.51. The normalized spacial score (nSPS) is 10.5. The maximum Gasteiger partial charge on any atom is 0.329 e. The zero-order valence-electron chi connectivity index (χ0n) is 11.5. The number of carboxylic acid groups (broad SMARTS) is 1. The van der Waals surface area contributed by atoms with Gasteiger partial charge in [0.1, 0.15) is 0 Å². The monoisotopic (exact) mass is 280 g/mol. The quantitative estimate of drug-likeness (QED) is 0.384. The molecule has 0 spiro atoms. The number of aliphatic carboxylic acids is 1. The van der Waals surface area contributed by atoms with Crippen LogP contribution in [0.2, 0.25) is 0 Å². The van der Waals surface area contributed by atoms with Crippen molar-refractivity contribution >= 4 is 14.6 Å². The Morgan fingerprint density at radius 3 is 1.83 bits per heavy atom. The minimum absolute atomic E-state index is 0.602. The average molecular weight is 280 g/mol. The van der Waals surface area contributed by atoms with Gasteiger partial charge in [0.05, 0.1) is 13.2 Å². The molecule has 0 aliphatic rings. The molecule has 0 amide bonds. The molecule has 0 unspecified atom stereocenters. The van der Waals surface area contributed by atoms with E-state index in [0.717, 1.165) is 31.8 Å². The lowest BCUT2D eigenvalue weighted by Crippen LogP contribution is -1.94. The van der Waals surface area contributed by atoms with Gasteiger partial charge in [0.25, 0.3) is 0 Å². The van der Waals surface area contributed by atoms with Gasteiger partial charge in [-0.1, -0.05) is 32.8 Å². The van der Waals surface area contributed by atoms with E-state index in [0.29, 0.717) is 13.2 Å². The van der Waals surface area contributed by atoms with Gasteiger partial charge in [-0.25, -0.2) is 4.79 Å². The molecule has 0 radical (unpaired) electrons. The predicted molar refractivity (Wildman–Crippen MR) is 73.3 cm³/mol. The molecular weight excluding hydrogens is 255 g/mol. The number of carboxylic acids is 1. The molecule has 0 aromatic rings. The van der Waals surface area contributed by atoms with Crippen LogP contribution in [0.15, 0.2) is 12.2 Å². The first-order chi connectivity index (χ1) is 8.58. The van der Waals surface area contributed by atoms with E-state index in [1.807, 2.05) is 0 Å². The van der Waals surface area contributed by atoms with E-state index in [2.05, 4.69) is 13.8 Å². The van der Waals surface area contributed by atoms with Crippen molar-refractivity contribution < 1.29 is 23.8 Å². The van der Waals surface area contributed by atoms with Crippen LogP contribution in [-0.4, -0.2) is 29.2 Å². The molecule has 0 saturated carbocycles. The summed E-state index contributed by atoms with van der Waals surface area (Å²) < 4.78 is 10.1. The van der Waals surface area contributed by atoms with Gasteiger partial charge < -0.3 is 19.0 Å². The van der Waals surface area contributed by atoms with Crippen LogP contribution in [0.3, 0.4) is 0 Å². The van der Waals surface area contributed by atoms with E-state index in [9.17, 15) is 4.79 Å². The molecule has 0 rings (SSSR count). The topological polar surface area (TPSA) is 76.0 Å². The molecule has 0 aliphatic heterocycles. The standard InChI is InChI=1S/C8H19O3P.C4H6O2/c1-3-5-7-10-12(9)11-8-6-4-2;1-2-3-4(5)6/h9H,3-8H2,1-2H3;2-3H,1H3,(H,5,6)/b;3-2+. The molecule has 0 fully saturated rings. The van der Waals surface area contributed by atoms with Crippen molar-refractivity contribution in [3.05, 3.63) is 12.2 Å². The molecule has 0 aromatic heterocycles. The third kappa shape index (κ3) is 20.9. The molecule has 18 heavy (non-hydrogen) atoms. The second-order valence-corrected chi connectivity index (χ2v) is 4.44. The third-order valence-corrected chi connectivity index (χ3v) is 2.52. The van der Waals surface area contributed by atoms with E-state index in [1.54, 1.807) is 6.92 Å². The Morgan fingerprint density at radius 1 is 1.17 bits per heavy atom. The van der Waals surface area contributed by atoms with Crippen molar-refractivity contribution in [2.75, 3.05) is 13.2 Å². The lowest BCUT2D eigenvalue weighted by Gasteiger charge is -2.09. The number of unbranched alkanes of at least 4 members (excludes halogenated alkanes) is 2. The van der Waals surface area contributed by atoms with Crippen molar-refractivity contribution in [2.24, 2.45) is 0 Å². The first-order valence-corrected chi connectivity index (χ1v) is 7.31. The maximum atomic E-state index is 9.51. The first-order valence-electron chi connectivity index (χ1n) is 6.18. The van der Waals surface area contributed by atoms with Gasteiger partial charge in [-0.05, 0) is 19.8 Å². The summed E-state index contributed by atoms with van der Waals surface area (Å²) in [5.41, 5.74) is 0. The molecule has 0 aromatic carbocycles. The van der Waals surface area contributed by atoms with E-state index in [1.165, 1.54) is 6.08 Å². The largest absolute Gasteiger partial charge is 0.478 e. The van der Waals surface area contributed by atoms with Gasteiger partial charge in [-0.3, -0.25) is 0 Å². The second kappa shape index (κ2) is 16.5. The number of rotatable bonds is 9. The SMILES string of the molecule is C/C=C/C(=O)O.CCCCOP(O)OCCCC. The van der Waals surface area contributed by atoms with Crippen LogP contribution in [0.1, 0.15) is 46.5 Å². The predicted octanol–water partition coefficient (Wildman–Crippen LogP) is 3.49. The molecule has 5 nitrogen and oxygen atoms in total. The van der Waals surface area contributed by atoms with E-state index in [-0.39, 0.29) is 0 Å². The van der Waals surface area contributed by atoms with Crippen molar-refractivity contribution in [1.82, 2.24) is 0 Å². The summed E-state index contributed by atoms with van der Waals surface area (Å²) in [6.07, 6.45) is 6.69. The molecule has 0 saturated heterocycles. The highest BCUT2D eigenvalue weighted by atomic mass is 31.2. The van der Waals surface area contributed by atoms with Crippen molar-refractivity contribution in [3.8, 4) is 0 Å². The van der Waals surface area contributed by atoms with Crippen molar-refractivity contribution in [2.45, 2.75) is 46.5 Å². The van der Waals surface area contributed by atoms with Gasteiger partial charge >= 0.3 is 14.6 Å². The van der Waals surface area contributed by atoms with E-state index in [4.69, 9.17) is 19.0 Å². The first kappa shape index (κ1) is 19.9. The van der Waals surface area contributed by atoms with Crippen LogP contribution in [-0.2, 0) is 13.8 Å². The molecule has 0 heterocycles. The Morgan fingerprint density at radius 2 is 1.61 bits per heavy atom. The Hall–Kier alpha value is -0.480. The fourth-order valence-corrected chi connectivity index (χ4v) is 1.40. The molecule has 2 N–H and O–H groups in total. The van der Waals surface area contributed by atoms with Gasteiger partial charge in [0.2, 0.25) is 0 Å². The van der Waals surface area contributed by atoms with Crippen LogP contribution in [0, 0.1) is 0 Å². The molecule has 0 bridgehead atoms. The smallest absolute Gasteiger partial charge is 0.329 e. The number of carbonyl (C=O) groups is 1. The average Bonchev–Trinajstić information content (AvgIpc) is 2.30. The Kier molecular flexibility index (Phi) is 18.2. The van der Waals surface area contributed by atoms with E-state index < -0.39 is 14.6 Å². The highest BCUT2D eigenvalue weighted by molar-refractivity contribution is 7.40. The van der Waals surface area contributed by atoms with Crippen LogP contribution >= 0.6 is 8.60 Å². The lowest BCUT2D eigenvalue weighted by atomic mass is 10.4.